The van der Waals surface area contributed by atoms with Crippen LogP contribution in [-0.2, 0) is 4.74 Å². The summed E-state index contributed by atoms with van der Waals surface area (Å²) in [6, 6.07) is 0. The molecule has 2 nitrogen and oxygen atoms in total. The Bertz CT molecular complexity index is 185. The van der Waals surface area contributed by atoms with Gasteiger partial charge in [0.25, 0.3) is 0 Å². The second-order valence-corrected chi connectivity index (χ2v) is 4.66. The lowest BCUT2D eigenvalue weighted by atomic mass is 10.0. The van der Waals surface area contributed by atoms with Crippen LogP contribution >= 0.6 is 11.8 Å². The van der Waals surface area contributed by atoms with E-state index in [-0.39, 0.29) is 6.10 Å². The maximum absolute atomic E-state index is 9.88. The number of aliphatic hydroxyl groups excluding tert-OH is 1. The van der Waals surface area contributed by atoms with Crippen LogP contribution in [0.3, 0.4) is 0 Å². The summed E-state index contributed by atoms with van der Waals surface area (Å²) in [6.07, 6.45) is 4.81. The Morgan fingerprint density at radius 1 is 1.67 bits per heavy atom. The molecule has 0 saturated carbocycles. The zero-order chi connectivity index (χ0) is 8.39. The average molecular weight is 186 g/mol. The lowest BCUT2D eigenvalue weighted by Crippen LogP contribution is -2.22. The van der Waals surface area contributed by atoms with Crippen molar-refractivity contribution in [1.29, 1.82) is 0 Å². The Hall–Kier alpha value is -0.150. The first-order chi connectivity index (χ1) is 5.88. The molecule has 2 aliphatic rings. The summed E-state index contributed by atoms with van der Waals surface area (Å²) in [5.74, 6) is 1.20. The molecular weight excluding hydrogens is 172 g/mol. The fourth-order valence-corrected chi connectivity index (χ4v) is 3.04. The van der Waals surface area contributed by atoms with Gasteiger partial charge in [0, 0.05) is 11.7 Å². The van der Waals surface area contributed by atoms with Gasteiger partial charge in [0.15, 0.2) is 0 Å². The standard InChI is InChI=1S/C9H14O2S/c10-9(7-3-4-11-6-7)8-2-1-5-12-8/h6,8-10H,1-5H2. The molecule has 0 radical (unpaired) electrons. The number of rotatable bonds is 2. The van der Waals surface area contributed by atoms with Gasteiger partial charge in [0.1, 0.15) is 0 Å². The first-order valence-corrected chi connectivity index (χ1v) is 5.53. The molecule has 0 aromatic rings. The van der Waals surface area contributed by atoms with Gasteiger partial charge in [-0.3, -0.25) is 0 Å². The molecule has 2 rings (SSSR count). The largest absolute Gasteiger partial charge is 0.501 e. The lowest BCUT2D eigenvalue weighted by Gasteiger charge is -2.16. The van der Waals surface area contributed by atoms with Gasteiger partial charge in [-0.15, -0.1) is 0 Å². The summed E-state index contributed by atoms with van der Waals surface area (Å²) in [5, 5.41) is 10.3. The third-order valence-electron chi connectivity index (χ3n) is 2.44. The lowest BCUT2D eigenvalue weighted by molar-refractivity contribution is 0.203. The maximum atomic E-state index is 9.88. The molecule has 2 atom stereocenters. The van der Waals surface area contributed by atoms with Gasteiger partial charge in [0.2, 0.25) is 0 Å². The molecule has 3 heteroatoms. The normalized spacial score (nSPS) is 31.4. The van der Waals surface area contributed by atoms with E-state index in [1.165, 1.54) is 12.2 Å². The monoisotopic (exact) mass is 186 g/mol. The quantitative estimate of drug-likeness (QED) is 0.709. The van der Waals surface area contributed by atoms with E-state index in [4.69, 9.17) is 4.74 Å². The summed E-state index contributed by atoms with van der Waals surface area (Å²) < 4.78 is 5.11. The minimum absolute atomic E-state index is 0.250. The highest BCUT2D eigenvalue weighted by molar-refractivity contribution is 8.00. The SMILES string of the molecule is OC(C1=COCC1)C1CCCS1. The molecule has 68 valence electrons. The van der Waals surface area contributed by atoms with Crippen LogP contribution in [0.1, 0.15) is 19.3 Å². The Labute approximate surface area is 77.0 Å². The van der Waals surface area contributed by atoms with Crippen LogP contribution in [-0.4, -0.2) is 28.8 Å². The van der Waals surface area contributed by atoms with Crippen molar-refractivity contribution in [2.75, 3.05) is 12.4 Å². The molecular formula is C9H14O2S. The molecule has 0 aliphatic carbocycles. The van der Waals surface area contributed by atoms with Gasteiger partial charge in [-0.1, -0.05) is 0 Å². The van der Waals surface area contributed by atoms with Crippen molar-refractivity contribution in [3.63, 3.8) is 0 Å². The fourth-order valence-electron chi connectivity index (χ4n) is 1.71. The maximum Gasteiger partial charge on any atom is 0.0912 e. The van der Waals surface area contributed by atoms with Crippen LogP contribution in [0.2, 0.25) is 0 Å². The topological polar surface area (TPSA) is 29.5 Å². The van der Waals surface area contributed by atoms with Gasteiger partial charge < -0.3 is 9.84 Å². The van der Waals surface area contributed by atoms with Gasteiger partial charge in [-0.05, 0) is 24.2 Å². The number of hydrogen-bond acceptors (Lipinski definition) is 3. The molecule has 1 fully saturated rings. The predicted molar refractivity (Wildman–Crippen MR) is 50.1 cm³/mol. The van der Waals surface area contributed by atoms with Crippen LogP contribution in [0.4, 0.5) is 0 Å². The van der Waals surface area contributed by atoms with Crippen molar-refractivity contribution >= 4 is 11.8 Å². The minimum Gasteiger partial charge on any atom is -0.501 e. The molecule has 0 bridgehead atoms. The number of hydrogen-bond donors (Lipinski definition) is 1. The Morgan fingerprint density at radius 2 is 2.58 bits per heavy atom. The molecule has 0 amide bonds. The minimum atomic E-state index is -0.250. The zero-order valence-electron chi connectivity index (χ0n) is 7.03. The first-order valence-electron chi connectivity index (χ1n) is 4.48. The summed E-state index contributed by atoms with van der Waals surface area (Å²) in [5.41, 5.74) is 1.09. The first kappa shape index (κ1) is 8.45. The summed E-state index contributed by atoms with van der Waals surface area (Å²) in [7, 11) is 0. The van der Waals surface area contributed by atoms with E-state index in [1.807, 2.05) is 11.8 Å². The highest BCUT2D eigenvalue weighted by atomic mass is 32.2. The molecule has 1 N–H and O–H groups in total. The van der Waals surface area contributed by atoms with Crippen molar-refractivity contribution in [3.05, 3.63) is 11.8 Å². The number of thioether (sulfide) groups is 1. The highest BCUT2D eigenvalue weighted by Gasteiger charge is 2.27. The van der Waals surface area contributed by atoms with Crippen molar-refractivity contribution in [1.82, 2.24) is 0 Å². The molecule has 0 aromatic heterocycles. The van der Waals surface area contributed by atoms with Crippen LogP contribution < -0.4 is 0 Å². The Morgan fingerprint density at radius 3 is 3.17 bits per heavy atom. The summed E-state index contributed by atoms with van der Waals surface area (Å²) in [6.45, 7) is 0.754. The predicted octanol–water partition coefficient (Wildman–Crippen LogP) is 1.55. The van der Waals surface area contributed by atoms with E-state index in [0.29, 0.717) is 5.25 Å². The molecule has 2 unspecified atom stereocenters. The molecule has 12 heavy (non-hydrogen) atoms. The van der Waals surface area contributed by atoms with Crippen molar-refractivity contribution in [3.8, 4) is 0 Å². The van der Waals surface area contributed by atoms with Gasteiger partial charge in [-0.25, -0.2) is 0 Å². The van der Waals surface area contributed by atoms with Crippen molar-refractivity contribution in [2.24, 2.45) is 0 Å². The second-order valence-electron chi connectivity index (χ2n) is 3.31. The van der Waals surface area contributed by atoms with E-state index >= 15 is 0 Å². The van der Waals surface area contributed by atoms with Crippen LogP contribution in [0.25, 0.3) is 0 Å². The van der Waals surface area contributed by atoms with Crippen LogP contribution in [0.5, 0.6) is 0 Å². The van der Waals surface area contributed by atoms with Crippen LogP contribution in [0.15, 0.2) is 11.8 Å². The average Bonchev–Trinajstić information content (AvgIpc) is 2.77. The number of ether oxygens (including phenoxy) is 1. The molecule has 1 saturated heterocycles. The molecule has 0 spiro atoms. The van der Waals surface area contributed by atoms with Gasteiger partial charge in [0.05, 0.1) is 19.0 Å². The van der Waals surface area contributed by atoms with E-state index in [9.17, 15) is 5.11 Å². The van der Waals surface area contributed by atoms with Gasteiger partial charge in [-0.2, -0.15) is 11.8 Å². The second kappa shape index (κ2) is 3.71. The third-order valence-corrected chi connectivity index (χ3v) is 3.89. The Balaban J connectivity index is 1.93. The van der Waals surface area contributed by atoms with Crippen molar-refractivity contribution < 1.29 is 9.84 Å². The Kier molecular flexibility index (Phi) is 2.61. The van der Waals surface area contributed by atoms with E-state index in [0.717, 1.165) is 25.0 Å². The highest BCUT2D eigenvalue weighted by Crippen LogP contribution is 2.33. The smallest absolute Gasteiger partial charge is 0.0912 e. The van der Waals surface area contributed by atoms with Crippen LogP contribution in [0, 0.1) is 0 Å². The van der Waals surface area contributed by atoms with E-state index in [2.05, 4.69) is 0 Å². The van der Waals surface area contributed by atoms with E-state index < -0.39 is 0 Å². The third kappa shape index (κ3) is 1.62. The number of aliphatic hydroxyl groups is 1. The molecule has 0 aromatic carbocycles. The fraction of sp³-hybridized carbons (Fsp3) is 0.778. The zero-order valence-corrected chi connectivity index (χ0v) is 7.85. The van der Waals surface area contributed by atoms with Gasteiger partial charge >= 0.3 is 0 Å². The summed E-state index contributed by atoms with van der Waals surface area (Å²) in [4.78, 5) is 0. The van der Waals surface area contributed by atoms with Crippen molar-refractivity contribution in [2.45, 2.75) is 30.6 Å². The van der Waals surface area contributed by atoms with E-state index in [1.54, 1.807) is 6.26 Å². The molecule has 2 heterocycles. The summed E-state index contributed by atoms with van der Waals surface area (Å²) >= 11 is 1.89. The molecule has 2 aliphatic heterocycles.